The maximum Gasteiger partial charge on any atom is 1.00 e. The van der Waals surface area contributed by atoms with E-state index in [9.17, 15) is 28.7 Å². The smallest absolute Gasteiger partial charge is 0.870 e. The number of hydrogen-bond acceptors (Lipinski definition) is 7. The topological polar surface area (TPSA) is 156 Å². The second-order valence-electron chi connectivity index (χ2n) is 1.85. The van der Waals surface area contributed by atoms with Gasteiger partial charge in [0.25, 0.3) is 0 Å². The zero-order valence-electron chi connectivity index (χ0n) is 12.2. The van der Waals surface area contributed by atoms with Crippen LogP contribution in [0.3, 0.4) is 0 Å². The Labute approximate surface area is 218 Å². The first-order chi connectivity index (χ1) is 5.12. The van der Waals surface area contributed by atoms with E-state index in [2.05, 4.69) is 0 Å². The Morgan fingerprint density at radius 3 is 0.722 bits per heavy atom. The SMILES string of the molecule is CCP(=O)([O-])[O-].CCP(=O)([O-])[O-].[Na+].[Na+].[Na+].[Na+].[Na+].[OH-]. The van der Waals surface area contributed by atoms with E-state index < -0.39 is 15.2 Å². The van der Waals surface area contributed by atoms with E-state index in [0.29, 0.717) is 0 Å². The van der Waals surface area contributed by atoms with Gasteiger partial charge in [0.15, 0.2) is 0 Å². The first-order valence-corrected chi connectivity index (χ1v) is 6.60. The van der Waals surface area contributed by atoms with Crippen molar-refractivity contribution in [1.29, 1.82) is 0 Å². The standard InChI is InChI=1S/2C2H7O3P.5Na.H2O/c2*1-2-6(3,4)5;;;;;;/h2*2H2,1H3,(H2,3,4,5);;;;;;1H2/q;;5*+1;/p-5. The Kier molecular flexibility index (Phi) is 74.6. The van der Waals surface area contributed by atoms with Crippen LogP contribution in [0.1, 0.15) is 13.8 Å². The van der Waals surface area contributed by atoms with Crippen molar-refractivity contribution in [2.75, 3.05) is 12.3 Å². The molecule has 0 saturated carbocycles. The summed E-state index contributed by atoms with van der Waals surface area (Å²) in [5.41, 5.74) is 0. The molecule has 1 N–H and O–H groups in total. The predicted molar refractivity (Wildman–Crippen MR) is 38.2 cm³/mol. The molecule has 14 heteroatoms. The van der Waals surface area contributed by atoms with Crippen LogP contribution in [-0.2, 0) is 9.13 Å². The molecule has 7 nitrogen and oxygen atoms in total. The molecule has 0 amide bonds. The summed E-state index contributed by atoms with van der Waals surface area (Å²) >= 11 is 0. The molecule has 0 aromatic carbocycles. The molecule has 0 aliphatic carbocycles. The van der Waals surface area contributed by atoms with Gasteiger partial charge in [0, 0.05) is 0 Å². The van der Waals surface area contributed by atoms with E-state index in [1.165, 1.54) is 13.8 Å². The summed E-state index contributed by atoms with van der Waals surface area (Å²) in [4.78, 5) is 37.9. The van der Waals surface area contributed by atoms with Gasteiger partial charge in [-0.2, -0.15) is 0 Å². The summed E-state index contributed by atoms with van der Waals surface area (Å²) in [7, 11) is -8.29. The molecule has 0 aliphatic rings. The minimum Gasteiger partial charge on any atom is -0.870 e. The molecule has 0 fully saturated rings. The van der Waals surface area contributed by atoms with Crippen LogP contribution in [0, 0.1) is 0 Å². The molecule has 18 heavy (non-hydrogen) atoms. The average molecular weight is 348 g/mol. The fraction of sp³-hybridized carbons (Fsp3) is 1.00. The molecule has 0 unspecified atom stereocenters. The van der Waals surface area contributed by atoms with E-state index in [4.69, 9.17) is 0 Å². The van der Waals surface area contributed by atoms with Crippen LogP contribution in [0.2, 0.25) is 0 Å². The zero-order chi connectivity index (χ0) is 10.4. The van der Waals surface area contributed by atoms with Crippen LogP contribution >= 0.6 is 15.2 Å². The van der Waals surface area contributed by atoms with Gasteiger partial charge < -0.3 is 34.2 Å². The van der Waals surface area contributed by atoms with E-state index in [-0.39, 0.29) is 166 Å². The van der Waals surface area contributed by atoms with Crippen LogP contribution < -0.4 is 167 Å². The quantitative estimate of drug-likeness (QED) is 0.354. The van der Waals surface area contributed by atoms with Crippen LogP contribution in [0.4, 0.5) is 0 Å². The molecule has 84 valence electrons. The third-order valence-electron chi connectivity index (χ3n) is 0.775. The van der Waals surface area contributed by atoms with Gasteiger partial charge >= 0.3 is 148 Å². The Morgan fingerprint density at radius 1 is 0.667 bits per heavy atom. The van der Waals surface area contributed by atoms with Gasteiger partial charge in [-0.15, -0.1) is 0 Å². The van der Waals surface area contributed by atoms with Crippen LogP contribution in [-0.4, -0.2) is 17.8 Å². The average Bonchev–Trinajstić information content (AvgIpc) is 1.86. The first-order valence-electron chi connectivity index (χ1n) is 3.14. The fourth-order valence-corrected chi connectivity index (χ4v) is 0. The normalized spacial score (nSPS) is 7.89. The zero-order valence-corrected chi connectivity index (χ0v) is 24.0. The molecule has 0 heterocycles. The monoisotopic (exact) mass is 348 g/mol. The van der Waals surface area contributed by atoms with E-state index in [1.807, 2.05) is 0 Å². The van der Waals surface area contributed by atoms with Crippen LogP contribution in [0.5, 0.6) is 0 Å². The van der Waals surface area contributed by atoms with Gasteiger partial charge in [-0.3, -0.25) is 0 Å². The summed E-state index contributed by atoms with van der Waals surface area (Å²) in [6, 6.07) is 0. The Balaban J connectivity index is -0.0000000139. The number of hydrogen-bond donors (Lipinski definition) is 0. The molecule has 0 aromatic rings. The van der Waals surface area contributed by atoms with Gasteiger partial charge in [0.05, 0.1) is 0 Å². The molecule has 0 bridgehead atoms. The van der Waals surface area contributed by atoms with Crippen LogP contribution in [0.25, 0.3) is 0 Å². The largest absolute Gasteiger partial charge is 1.00 e. The maximum atomic E-state index is 9.47. The van der Waals surface area contributed by atoms with Gasteiger partial charge in [0.1, 0.15) is 0 Å². The van der Waals surface area contributed by atoms with Gasteiger partial charge in [-0.25, -0.2) is 0 Å². The van der Waals surface area contributed by atoms with Crippen molar-refractivity contribution in [3.05, 3.63) is 0 Å². The van der Waals surface area contributed by atoms with Crippen molar-refractivity contribution >= 4 is 15.2 Å². The fourth-order valence-electron chi connectivity index (χ4n) is 0. The maximum absolute atomic E-state index is 9.47. The minimum atomic E-state index is -4.15. The summed E-state index contributed by atoms with van der Waals surface area (Å²) < 4.78 is 18.9. The van der Waals surface area contributed by atoms with Crippen LogP contribution in [0.15, 0.2) is 0 Å². The molecule has 0 atom stereocenters. The first kappa shape index (κ1) is 49.5. The van der Waals surface area contributed by atoms with Crippen molar-refractivity contribution < 1.29 is 182 Å². The molecule has 0 aromatic heterocycles. The van der Waals surface area contributed by atoms with Gasteiger partial charge in [0.2, 0.25) is 0 Å². The van der Waals surface area contributed by atoms with E-state index >= 15 is 0 Å². The second kappa shape index (κ2) is 27.1. The number of rotatable bonds is 2. The molecule has 0 radical (unpaired) electrons. The van der Waals surface area contributed by atoms with E-state index in [0.717, 1.165) is 0 Å². The predicted octanol–water partition coefficient (Wildman–Crippen LogP) is -17.3. The molecule has 0 aliphatic heterocycles. The molecule has 0 saturated heterocycles. The Hall–Kier alpha value is 5.26. The van der Waals surface area contributed by atoms with Crippen molar-refractivity contribution in [2.45, 2.75) is 13.8 Å². The van der Waals surface area contributed by atoms with Gasteiger partial charge in [-0.05, 0) is 12.3 Å². The minimum absolute atomic E-state index is 0. The summed E-state index contributed by atoms with van der Waals surface area (Å²) in [5, 5.41) is 0. The molecule has 0 rings (SSSR count). The molecular weight excluding hydrogens is 337 g/mol. The third kappa shape index (κ3) is 68.8. The summed E-state index contributed by atoms with van der Waals surface area (Å²) in [6.07, 6.45) is -0.569. The van der Waals surface area contributed by atoms with E-state index in [1.54, 1.807) is 0 Å². The van der Waals surface area contributed by atoms with Gasteiger partial charge in [-0.1, -0.05) is 29.0 Å². The van der Waals surface area contributed by atoms with Crippen molar-refractivity contribution in [1.82, 2.24) is 0 Å². The Bertz CT molecular complexity index is 184. The van der Waals surface area contributed by atoms with Crippen molar-refractivity contribution in [2.24, 2.45) is 0 Å². The third-order valence-corrected chi connectivity index (χ3v) is 2.32. The molecular formula is C4H11Na5O7P2. The molecule has 0 spiro atoms. The summed E-state index contributed by atoms with van der Waals surface area (Å²) in [5.74, 6) is 0. The Morgan fingerprint density at radius 2 is 0.722 bits per heavy atom. The second-order valence-corrected chi connectivity index (χ2v) is 5.56. The van der Waals surface area contributed by atoms with Crippen molar-refractivity contribution in [3.63, 3.8) is 0 Å². The summed E-state index contributed by atoms with van der Waals surface area (Å²) in [6.45, 7) is 2.64. The van der Waals surface area contributed by atoms with Crippen molar-refractivity contribution in [3.8, 4) is 0 Å².